The molecule has 0 saturated heterocycles. The van der Waals surface area contributed by atoms with Crippen molar-refractivity contribution in [1.29, 1.82) is 0 Å². The smallest absolute Gasteiger partial charge is 0.408 e. The first-order chi connectivity index (χ1) is 9.78. The highest BCUT2D eigenvalue weighted by atomic mass is 19.3. The number of nitrogens with one attached hydrogen (secondary N) is 1. The van der Waals surface area contributed by atoms with Crippen LogP contribution in [0.15, 0.2) is 27.4 Å². The third-order valence-electron chi connectivity index (χ3n) is 3.23. The molecule has 1 unspecified atom stereocenters. The number of halogens is 4. The SMILES string of the molecule is CCNC(c1ccc2c(c1)oc(=O)n2C)C(F)(F)C(F)F. The topological polar surface area (TPSA) is 47.2 Å². The molecule has 0 radical (unpaired) electrons. The van der Waals surface area contributed by atoms with Gasteiger partial charge in [-0.1, -0.05) is 13.0 Å². The van der Waals surface area contributed by atoms with Gasteiger partial charge in [0, 0.05) is 7.05 Å². The average molecular weight is 306 g/mol. The molecule has 0 aliphatic carbocycles. The normalized spacial score (nSPS) is 14.0. The van der Waals surface area contributed by atoms with Crippen LogP contribution >= 0.6 is 0 Å². The second-order valence-corrected chi connectivity index (χ2v) is 4.62. The van der Waals surface area contributed by atoms with Crippen LogP contribution in [0.5, 0.6) is 0 Å². The van der Waals surface area contributed by atoms with E-state index in [1.165, 1.54) is 36.7 Å². The van der Waals surface area contributed by atoms with Crippen LogP contribution in [0.2, 0.25) is 0 Å². The predicted molar refractivity (Wildman–Crippen MR) is 68.8 cm³/mol. The second kappa shape index (κ2) is 5.51. The van der Waals surface area contributed by atoms with E-state index in [0.29, 0.717) is 5.52 Å². The summed E-state index contributed by atoms with van der Waals surface area (Å²) >= 11 is 0. The van der Waals surface area contributed by atoms with Crippen LogP contribution < -0.4 is 11.1 Å². The number of aromatic nitrogens is 1. The molecule has 21 heavy (non-hydrogen) atoms. The minimum atomic E-state index is -4.24. The second-order valence-electron chi connectivity index (χ2n) is 4.62. The molecule has 116 valence electrons. The number of hydrogen-bond acceptors (Lipinski definition) is 3. The van der Waals surface area contributed by atoms with Gasteiger partial charge in [-0.25, -0.2) is 13.6 Å². The summed E-state index contributed by atoms with van der Waals surface area (Å²) in [7, 11) is 1.46. The van der Waals surface area contributed by atoms with Crippen molar-refractivity contribution in [1.82, 2.24) is 9.88 Å². The van der Waals surface area contributed by atoms with E-state index in [4.69, 9.17) is 4.42 Å². The van der Waals surface area contributed by atoms with Crippen LogP contribution in [-0.4, -0.2) is 23.5 Å². The molecule has 0 aliphatic heterocycles. The highest BCUT2D eigenvalue weighted by molar-refractivity contribution is 5.73. The third-order valence-corrected chi connectivity index (χ3v) is 3.23. The van der Waals surface area contributed by atoms with Crippen LogP contribution in [0.4, 0.5) is 17.6 Å². The van der Waals surface area contributed by atoms with Crippen molar-refractivity contribution in [3.05, 3.63) is 34.3 Å². The first-order valence-electron chi connectivity index (χ1n) is 6.27. The van der Waals surface area contributed by atoms with E-state index in [-0.39, 0.29) is 17.7 Å². The quantitative estimate of drug-likeness (QED) is 0.864. The summed E-state index contributed by atoms with van der Waals surface area (Å²) in [5.74, 6) is -4.89. The Bertz CT molecular complexity index is 693. The Kier molecular flexibility index (Phi) is 4.08. The van der Waals surface area contributed by atoms with Gasteiger partial charge >= 0.3 is 18.1 Å². The van der Waals surface area contributed by atoms with Gasteiger partial charge in [0.25, 0.3) is 0 Å². The summed E-state index contributed by atoms with van der Waals surface area (Å²) in [6, 6.07) is 1.99. The van der Waals surface area contributed by atoms with Gasteiger partial charge in [-0.3, -0.25) is 4.57 Å². The zero-order valence-corrected chi connectivity index (χ0v) is 11.4. The molecular weight excluding hydrogens is 292 g/mol. The first-order valence-corrected chi connectivity index (χ1v) is 6.27. The van der Waals surface area contributed by atoms with Gasteiger partial charge in [-0.15, -0.1) is 0 Å². The van der Waals surface area contributed by atoms with E-state index < -0.39 is 24.1 Å². The third kappa shape index (κ3) is 2.67. The molecule has 0 spiro atoms. The van der Waals surface area contributed by atoms with Gasteiger partial charge in [-0.2, -0.15) is 8.78 Å². The number of hydrogen-bond donors (Lipinski definition) is 1. The fraction of sp³-hybridized carbons (Fsp3) is 0.462. The first kappa shape index (κ1) is 15.6. The average Bonchev–Trinajstić information content (AvgIpc) is 2.70. The van der Waals surface area contributed by atoms with E-state index in [2.05, 4.69) is 5.32 Å². The van der Waals surface area contributed by atoms with Gasteiger partial charge in [0.05, 0.1) is 5.52 Å². The van der Waals surface area contributed by atoms with Crippen LogP contribution in [0.3, 0.4) is 0 Å². The number of fused-ring (bicyclic) bond motifs is 1. The molecule has 1 aromatic heterocycles. The molecule has 2 rings (SSSR count). The van der Waals surface area contributed by atoms with Crippen LogP contribution in [-0.2, 0) is 7.05 Å². The molecule has 1 N–H and O–H groups in total. The van der Waals surface area contributed by atoms with Crippen LogP contribution in [0, 0.1) is 0 Å². The van der Waals surface area contributed by atoms with E-state index in [1.54, 1.807) is 0 Å². The summed E-state index contributed by atoms with van der Waals surface area (Å²) in [5.41, 5.74) is 0.413. The number of benzene rings is 1. The maximum Gasteiger partial charge on any atom is 0.419 e. The van der Waals surface area contributed by atoms with Crippen molar-refractivity contribution < 1.29 is 22.0 Å². The zero-order valence-electron chi connectivity index (χ0n) is 11.4. The molecule has 2 aromatic rings. The molecule has 0 aliphatic rings. The number of oxazole rings is 1. The summed E-state index contributed by atoms with van der Waals surface area (Å²) in [4.78, 5) is 11.4. The van der Waals surface area contributed by atoms with E-state index in [1.807, 2.05) is 0 Å². The molecule has 1 atom stereocenters. The van der Waals surface area contributed by atoms with E-state index in [9.17, 15) is 22.4 Å². The van der Waals surface area contributed by atoms with Crippen LogP contribution in [0.1, 0.15) is 18.5 Å². The Balaban J connectivity index is 2.53. The molecule has 0 bridgehead atoms. The summed E-state index contributed by atoms with van der Waals surface area (Å²) in [6.07, 6.45) is -3.81. The van der Waals surface area contributed by atoms with Crippen LogP contribution in [0.25, 0.3) is 11.1 Å². The van der Waals surface area contributed by atoms with Crippen molar-refractivity contribution in [2.45, 2.75) is 25.3 Å². The maximum absolute atomic E-state index is 13.7. The lowest BCUT2D eigenvalue weighted by atomic mass is 10.00. The van der Waals surface area contributed by atoms with Crippen molar-refractivity contribution in [3.8, 4) is 0 Å². The summed E-state index contributed by atoms with van der Waals surface area (Å²) < 4.78 is 58.6. The van der Waals surface area contributed by atoms with Crippen molar-refractivity contribution in [2.24, 2.45) is 7.05 Å². The minimum Gasteiger partial charge on any atom is -0.408 e. The number of aryl methyl sites for hydroxylation is 1. The monoisotopic (exact) mass is 306 g/mol. The lowest BCUT2D eigenvalue weighted by Gasteiger charge is -2.27. The number of alkyl halides is 4. The molecular formula is C13H14F4N2O2. The molecule has 0 saturated carbocycles. The summed E-state index contributed by atoms with van der Waals surface area (Å²) in [5, 5.41) is 2.35. The maximum atomic E-state index is 13.7. The largest absolute Gasteiger partial charge is 0.419 e. The fourth-order valence-electron chi connectivity index (χ4n) is 2.14. The van der Waals surface area contributed by atoms with Crippen molar-refractivity contribution in [3.63, 3.8) is 0 Å². The van der Waals surface area contributed by atoms with Gasteiger partial charge in [0.15, 0.2) is 5.58 Å². The number of rotatable bonds is 5. The Hall–Kier alpha value is -1.83. The van der Waals surface area contributed by atoms with E-state index in [0.717, 1.165) is 0 Å². The van der Waals surface area contributed by atoms with Crippen molar-refractivity contribution >= 4 is 11.1 Å². The Morgan fingerprint density at radius 2 is 2.05 bits per heavy atom. The molecule has 8 heteroatoms. The molecule has 4 nitrogen and oxygen atoms in total. The number of nitrogens with zero attached hydrogens (tertiary/aromatic N) is 1. The zero-order chi connectivity index (χ0) is 15.8. The van der Waals surface area contributed by atoms with Crippen molar-refractivity contribution in [2.75, 3.05) is 6.54 Å². The molecule has 1 aromatic carbocycles. The standard InChI is InChI=1S/C13H14F4N2O2/c1-3-18-10(13(16,17)11(14)15)7-4-5-8-9(6-7)21-12(20)19(8)2/h4-6,10-11,18H,3H2,1-2H3. The molecule has 0 amide bonds. The fourth-order valence-corrected chi connectivity index (χ4v) is 2.14. The highest BCUT2D eigenvalue weighted by Crippen LogP contribution is 2.37. The Labute approximate surface area is 117 Å². The predicted octanol–water partition coefficient (Wildman–Crippen LogP) is 2.68. The Morgan fingerprint density at radius 3 is 2.62 bits per heavy atom. The van der Waals surface area contributed by atoms with E-state index >= 15 is 0 Å². The van der Waals surface area contributed by atoms with Gasteiger partial charge in [0.2, 0.25) is 0 Å². The van der Waals surface area contributed by atoms with Gasteiger partial charge < -0.3 is 9.73 Å². The summed E-state index contributed by atoms with van der Waals surface area (Å²) in [6.45, 7) is 1.62. The molecule has 1 heterocycles. The Morgan fingerprint density at radius 1 is 1.38 bits per heavy atom. The lowest BCUT2D eigenvalue weighted by molar-refractivity contribution is -0.151. The minimum absolute atomic E-state index is 0.0657. The van der Waals surface area contributed by atoms with Gasteiger partial charge in [-0.05, 0) is 24.2 Å². The highest BCUT2D eigenvalue weighted by Gasteiger charge is 2.49. The lowest BCUT2D eigenvalue weighted by Crippen LogP contribution is -2.42. The van der Waals surface area contributed by atoms with Gasteiger partial charge in [0.1, 0.15) is 6.04 Å². The molecule has 0 fully saturated rings.